The molecule has 7 heteroatoms. The highest BCUT2D eigenvalue weighted by Crippen LogP contribution is 2.31. The summed E-state index contributed by atoms with van der Waals surface area (Å²) in [4.78, 5) is 28.7. The zero-order chi connectivity index (χ0) is 19.2. The standard InChI is InChI=1S/C20H30N4O3/c1-15(2)21-19(25)13-23-8-10-24(11-9-23)14-20(26)22-17-7-12-27-18-6-4-3-5-16(17)18/h3-6,15,17H,7-14H2,1-2H3,(H,21,25)(H,22,26). The van der Waals surface area contributed by atoms with E-state index in [0.29, 0.717) is 19.7 Å². The number of hydrogen-bond donors (Lipinski definition) is 2. The normalized spacial score (nSPS) is 20.6. The lowest BCUT2D eigenvalue weighted by Crippen LogP contribution is -2.52. The maximum absolute atomic E-state index is 12.5. The second-order valence-corrected chi connectivity index (χ2v) is 7.57. The van der Waals surface area contributed by atoms with E-state index in [2.05, 4.69) is 20.4 Å². The molecule has 3 rings (SSSR count). The van der Waals surface area contributed by atoms with Crippen LogP contribution < -0.4 is 15.4 Å². The van der Waals surface area contributed by atoms with Gasteiger partial charge in [-0.2, -0.15) is 0 Å². The van der Waals surface area contributed by atoms with E-state index >= 15 is 0 Å². The minimum Gasteiger partial charge on any atom is -0.493 e. The fourth-order valence-electron chi connectivity index (χ4n) is 3.61. The molecule has 0 bridgehead atoms. The Morgan fingerprint density at radius 1 is 1.07 bits per heavy atom. The summed E-state index contributed by atoms with van der Waals surface area (Å²) in [5, 5.41) is 6.07. The number of benzene rings is 1. The van der Waals surface area contributed by atoms with Crippen LogP contribution in [-0.2, 0) is 9.59 Å². The molecule has 0 saturated carbocycles. The van der Waals surface area contributed by atoms with Gasteiger partial charge >= 0.3 is 0 Å². The molecule has 148 valence electrons. The number of carbonyl (C=O) groups is 2. The van der Waals surface area contributed by atoms with Gasteiger partial charge in [0.1, 0.15) is 5.75 Å². The maximum Gasteiger partial charge on any atom is 0.234 e. The number of rotatable bonds is 6. The minimum absolute atomic E-state index is 0.0171. The fourth-order valence-corrected chi connectivity index (χ4v) is 3.61. The first-order valence-electron chi connectivity index (χ1n) is 9.76. The van der Waals surface area contributed by atoms with E-state index < -0.39 is 0 Å². The number of nitrogens with zero attached hydrogens (tertiary/aromatic N) is 2. The molecule has 1 fully saturated rings. The monoisotopic (exact) mass is 374 g/mol. The quantitative estimate of drug-likeness (QED) is 0.769. The summed E-state index contributed by atoms with van der Waals surface area (Å²) in [6.45, 7) is 8.58. The second-order valence-electron chi connectivity index (χ2n) is 7.57. The van der Waals surface area contributed by atoms with Crippen LogP contribution in [0.5, 0.6) is 5.75 Å². The summed E-state index contributed by atoms with van der Waals surface area (Å²) in [6, 6.07) is 8.06. The van der Waals surface area contributed by atoms with Crippen molar-refractivity contribution in [1.82, 2.24) is 20.4 Å². The van der Waals surface area contributed by atoms with Crippen molar-refractivity contribution in [3.05, 3.63) is 29.8 Å². The average Bonchev–Trinajstić information content (AvgIpc) is 2.63. The molecular formula is C20H30N4O3. The number of amides is 2. The Morgan fingerprint density at radius 3 is 2.37 bits per heavy atom. The highest BCUT2D eigenvalue weighted by molar-refractivity contribution is 5.79. The van der Waals surface area contributed by atoms with E-state index in [-0.39, 0.29) is 23.9 Å². The van der Waals surface area contributed by atoms with Crippen LogP contribution in [0.3, 0.4) is 0 Å². The molecule has 27 heavy (non-hydrogen) atoms. The highest BCUT2D eigenvalue weighted by Gasteiger charge is 2.25. The first kappa shape index (κ1) is 19.6. The van der Waals surface area contributed by atoms with Crippen LogP contribution >= 0.6 is 0 Å². The molecule has 7 nitrogen and oxygen atoms in total. The molecule has 1 aromatic carbocycles. The molecule has 1 aromatic rings. The van der Waals surface area contributed by atoms with Crippen molar-refractivity contribution in [3.8, 4) is 5.75 Å². The van der Waals surface area contributed by atoms with Crippen molar-refractivity contribution >= 4 is 11.8 Å². The molecule has 2 heterocycles. The van der Waals surface area contributed by atoms with Crippen LogP contribution in [-0.4, -0.2) is 73.5 Å². The van der Waals surface area contributed by atoms with Gasteiger partial charge in [0.15, 0.2) is 0 Å². The Balaban J connectivity index is 1.42. The fraction of sp³-hybridized carbons (Fsp3) is 0.600. The van der Waals surface area contributed by atoms with Gasteiger partial charge in [-0.3, -0.25) is 19.4 Å². The first-order chi connectivity index (χ1) is 13.0. The van der Waals surface area contributed by atoms with Gasteiger partial charge in [0.2, 0.25) is 11.8 Å². The van der Waals surface area contributed by atoms with Gasteiger partial charge in [-0.05, 0) is 19.9 Å². The summed E-state index contributed by atoms with van der Waals surface area (Å²) >= 11 is 0. The van der Waals surface area contributed by atoms with Crippen LogP contribution in [0.15, 0.2) is 24.3 Å². The lowest BCUT2D eigenvalue weighted by Gasteiger charge is -2.34. The lowest BCUT2D eigenvalue weighted by molar-refractivity contribution is -0.125. The van der Waals surface area contributed by atoms with Crippen LogP contribution in [0, 0.1) is 0 Å². The third kappa shape index (κ3) is 5.68. The third-order valence-electron chi connectivity index (χ3n) is 4.94. The summed E-state index contributed by atoms with van der Waals surface area (Å²) < 4.78 is 5.65. The van der Waals surface area contributed by atoms with E-state index in [1.54, 1.807) is 0 Å². The molecule has 1 atom stereocenters. The highest BCUT2D eigenvalue weighted by atomic mass is 16.5. The maximum atomic E-state index is 12.5. The van der Waals surface area contributed by atoms with Gasteiger partial charge in [-0.1, -0.05) is 18.2 Å². The molecule has 1 unspecified atom stereocenters. The van der Waals surface area contributed by atoms with E-state index in [1.165, 1.54) is 0 Å². The SMILES string of the molecule is CC(C)NC(=O)CN1CCN(CC(=O)NC2CCOc3ccccc32)CC1. The topological polar surface area (TPSA) is 73.9 Å². The van der Waals surface area contributed by atoms with Crippen LogP contribution in [0.25, 0.3) is 0 Å². The third-order valence-corrected chi connectivity index (χ3v) is 4.94. The summed E-state index contributed by atoms with van der Waals surface area (Å²) in [7, 11) is 0. The summed E-state index contributed by atoms with van der Waals surface area (Å²) in [5.41, 5.74) is 1.05. The smallest absolute Gasteiger partial charge is 0.234 e. The Kier molecular flexibility index (Phi) is 6.68. The van der Waals surface area contributed by atoms with Gasteiger partial charge < -0.3 is 15.4 Å². The number of fused-ring (bicyclic) bond motifs is 1. The molecule has 0 aromatic heterocycles. The molecule has 2 amide bonds. The predicted octanol–water partition coefficient (Wildman–Crippen LogP) is 0.769. The molecule has 2 N–H and O–H groups in total. The number of piperazine rings is 1. The van der Waals surface area contributed by atoms with E-state index in [4.69, 9.17) is 4.74 Å². The van der Waals surface area contributed by atoms with Crippen molar-refractivity contribution in [2.24, 2.45) is 0 Å². The molecule has 0 radical (unpaired) electrons. The Hall–Kier alpha value is -2.12. The van der Waals surface area contributed by atoms with Crippen LogP contribution in [0.1, 0.15) is 31.9 Å². The molecule has 2 aliphatic rings. The van der Waals surface area contributed by atoms with E-state index in [9.17, 15) is 9.59 Å². The number of hydrogen-bond acceptors (Lipinski definition) is 5. The van der Waals surface area contributed by atoms with E-state index in [0.717, 1.165) is 43.9 Å². The van der Waals surface area contributed by atoms with Crippen molar-refractivity contribution in [2.75, 3.05) is 45.9 Å². The molecular weight excluding hydrogens is 344 g/mol. The number of para-hydroxylation sites is 1. The summed E-state index contributed by atoms with van der Waals surface area (Å²) in [5.74, 6) is 0.972. The molecule has 1 saturated heterocycles. The molecule has 2 aliphatic heterocycles. The Labute approximate surface area is 161 Å². The van der Waals surface area contributed by atoms with Gasteiger partial charge in [-0.15, -0.1) is 0 Å². The van der Waals surface area contributed by atoms with Crippen LogP contribution in [0.4, 0.5) is 0 Å². The van der Waals surface area contributed by atoms with Crippen LogP contribution in [0.2, 0.25) is 0 Å². The minimum atomic E-state index is 0.0171. The Bertz CT molecular complexity index is 656. The van der Waals surface area contributed by atoms with Gasteiger partial charge in [0, 0.05) is 44.2 Å². The van der Waals surface area contributed by atoms with Crippen molar-refractivity contribution in [1.29, 1.82) is 0 Å². The van der Waals surface area contributed by atoms with Crippen molar-refractivity contribution in [2.45, 2.75) is 32.4 Å². The first-order valence-corrected chi connectivity index (χ1v) is 9.76. The number of carbonyl (C=O) groups excluding carboxylic acids is 2. The average molecular weight is 374 g/mol. The molecule has 0 spiro atoms. The summed E-state index contributed by atoms with van der Waals surface area (Å²) in [6.07, 6.45) is 0.793. The van der Waals surface area contributed by atoms with Crippen molar-refractivity contribution < 1.29 is 14.3 Å². The largest absolute Gasteiger partial charge is 0.493 e. The Morgan fingerprint density at radius 2 is 1.70 bits per heavy atom. The van der Waals surface area contributed by atoms with Gasteiger partial charge in [0.05, 0.1) is 25.7 Å². The second kappa shape index (κ2) is 9.19. The molecule has 0 aliphatic carbocycles. The van der Waals surface area contributed by atoms with Gasteiger partial charge in [0.25, 0.3) is 0 Å². The lowest BCUT2D eigenvalue weighted by atomic mass is 10.0. The van der Waals surface area contributed by atoms with E-state index in [1.807, 2.05) is 38.1 Å². The number of nitrogens with one attached hydrogen (secondary N) is 2. The predicted molar refractivity (Wildman–Crippen MR) is 104 cm³/mol. The van der Waals surface area contributed by atoms with Gasteiger partial charge in [-0.25, -0.2) is 0 Å². The number of ether oxygens (including phenoxy) is 1. The van der Waals surface area contributed by atoms with Crippen molar-refractivity contribution in [3.63, 3.8) is 0 Å². The zero-order valence-electron chi connectivity index (χ0n) is 16.2. The zero-order valence-corrected chi connectivity index (χ0v) is 16.2.